The Morgan fingerprint density at radius 2 is 1.92 bits per heavy atom. The molecule has 8 nitrogen and oxygen atoms in total. The molecule has 0 radical (unpaired) electrons. The third kappa shape index (κ3) is 3.16. The Morgan fingerprint density at radius 3 is 2.54 bits per heavy atom. The summed E-state index contributed by atoms with van der Waals surface area (Å²) in [5.41, 5.74) is 0.567. The number of rotatable bonds is 4. The Balaban J connectivity index is 2.10. The number of aromatic carboxylic acids is 1. The topological polar surface area (TPSA) is 118 Å². The summed E-state index contributed by atoms with van der Waals surface area (Å²) in [5.74, 6) is -1.06. The molecule has 0 aliphatic carbocycles. The van der Waals surface area contributed by atoms with E-state index in [1.165, 1.54) is 53.2 Å². The highest BCUT2D eigenvalue weighted by molar-refractivity contribution is 5.87. The van der Waals surface area contributed by atoms with Crippen molar-refractivity contribution in [2.24, 2.45) is 0 Å². The minimum absolute atomic E-state index is 0.0792. The highest BCUT2D eigenvalue weighted by atomic mass is 16.6. The Labute approximate surface area is 146 Å². The third-order valence-electron chi connectivity index (χ3n) is 3.77. The van der Waals surface area contributed by atoms with Gasteiger partial charge in [0.2, 0.25) is 0 Å². The van der Waals surface area contributed by atoms with Crippen molar-refractivity contribution in [3.8, 4) is 5.69 Å². The van der Waals surface area contributed by atoms with Gasteiger partial charge in [-0.3, -0.25) is 20.0 Å². The van der Waals surface area contributed by atoms with E-state index >= 15 is 0 Å². The second-order valence-corrected chi connectivity index (χ2v) is 5.49. The second kappa shape index (κ2) is 6.52. The monoisotopic (exact) mass is 351 g/mol. The molecule has 0 saturated heterocycles. The summed E-state index contributed by atoms with van der Waals surface area (Å²) in [4.78, 5) is 33.9. The van der Waals surface area contributed by atoms with Gasteiger partial charge < -0.3 is 5.11 Å². The van der Waals surface area contributed by atoms with E-state index in [-0.39, 0.29) is 16.5 Å². The van der Waals surface area contributed by atoms with E-state index in [0.717, 1.165) is 0 Å². The molecule has 0 unspecified atom stereocenters. The Morgan fingerprint density at radius 1 is 1.23 bits per heavy atom. The number of carboxylic acids is 1. The van der Waals surface area contributed by atoms with Crippen LogP contribution in [0.4, 0.5) is 5.69 Å². The largest absolute Gasteiger partial charge is 0.478 e. The molecule has 8 heteroatoms. The van der Waals surface area contributed by atoms with Crippen LogP contribution in [-0.4, -0.2) is 25.8 Å². The van der Waals surface area contributed by atoms with Crippen molar-refractivity contribution in [1.82, 2.24) is 9.78 Å². The van der Waals surface area contributed by atoms with Gasteiger partial charge in [0.05, 0.1) is 26.7 Å². The van der Waals surface area contributed by atoms with Crippen LogP contribution >= 0.6 is 0 Å². The molecule has 1 aromatic heterocycles. The molecule has 0 saturated carbocycles. The molecule has 2 N–H and O–H groups in total. The molecular formula is C18H13N3O5. The molecule has 1 heterocycles. The number of benzene rings is 2. The van der Waals surface area contributed by atoms with Crippen LogP contribution in [0.15, 0.2) is 53.3 Å². The van der Waals surface area contributed by atoms with Gasteiger partial charge in [0.1, 0.15) is 0 Å². The summed E-state index contributed by atoms with van der Waals surface area (Å²) < 4.78 is 1.23. The number of non-ortho nitro benzene ring substituents is 1. The molecule has 0 bridgehead atoms. The summed E-state index contributed by atoms with van der Waals surface area (Å²) in [6.07, 6.45) is 1.51. The standard InChI is InChI=1S/C18H13N3O5/c1-11-16(10-12-3-2-4-15(9-12)21(25)26)17(22)20(19-11)14-7-5-13(6-8-14)18(23)24/h2-10,19H,1H2,(H,23,24)/b16-10-. The zero-order valence-corrected chi connectivity index (χ0v) is 13.4. The quantitative estimate of drug-likeness (QED) is 0.537. The van der Waals surface area contributed by atoms with E-state index in [9.17, 15) is 19.7 Å². The van der Waals surface area contributed by atoms with Gasteiger partial charge in [-0.05, 0) is 35.9 Å². The first-order chi connectivity index (χ1) is 12.4. The first kappa shape index (κ1) is 16.9. The summed E-state index contributed by atoms with van der Waals surface area (Å²) in [6, 6.07) is 11.7. The molecule has 0 amide bonds. The van der Waals surface area contributed by atoms with E-state index in [0.29, 0.717) is 16.6 Å². The van der Waals surface area contributed by atoms with Gasteiger partial charge in [0, 0.05) is 12.1 Å². The van der Waals surface area contributed by atoms with Crippen molar-refractivity contribution in [2.75, 3.05) is 0 Å². The van der Waals surface area contributed by atoms with Crippen LogP contribution in [0.2, 0.25) is 0 Å². The van der Waals surface area contributed by atoms with Gasteiger partial charge in [0.15, 0.2) is 0 Å². The fourth-order valence-electron chi connectivity index (χ4n) is 2.47. The maximum absolute atomic E-state index is 12.6. The predicted molar refractivity (Wildman–Crippen MR) is 94.8 cm³/mol. The number of nitrogens with one attached hydrogen (secondary N) is 1. The minimum atomic E-state index is -1.06. The summed E-state index contributed by atoms with van der Waals surface area (Å²) in [6.45, 7) is 3.79. The van der Waals surface area contributed by atoms with E-state index < -0.39 is 16.5 Å². The van der Waals surface area contributed by atoms with Crippen LogP contribution in [0.1, 0.15) is 15.9 Å². The van der Waals surface area contributed by atoms with Crippen molar-refractivity contribution in [3.63, 3.8) is 0 Å². The normalized spacial score (nSPS) is 11.5. The molecule has 0 aliphatic rings. The number of hydrogen-bond donors (Lipinski definition) is 2. The highest BCUT2D eigenvalue weighted by Gasteiger charge is 2.08. The average Bonchev–Trinajstić information content (AvgIpc) is 2.90. The van der Waals surface area contributed by atoms with Crippen molar-refractivity contribution in [1.29, 1.82) is 0 Å². The molecule has 3 aromatic rings. The fourth-order valence-corrected chi connectivity index (χ4v) is 2.47. The lowest BCUT2D eigenvalue weighted by Gasteiger charge is -2.01. The van der Waals surface area contributed by atoms with Crippen LogP contribution in [0, 0.1) is 10.1 Å². The van der Waals surface area contributed by atoms with Gasteiger partial charge in [0.25, 0.3) is 11.2 Å². The van der Waals surface area contributed by atoms with Crippen molar-refractivity contribution >= 4 is 24.3 Å². The maximum Gasteiger partial charge on any atom is 0.335 e. The fraction of sp³-hybridized carbons (Fsp3) is 0. The SMILES string of the molecule is C=c1[nH]n(-c2ccc(C(=O)O)cc2)c(=O)/c1=C\c1cccc([N+](=O)[O-])c1. The summed E-state index contributed by atoms with van der Waals surface area (Å²) >= 11 is 0. The van der Waals surface area contributed by atoms with Crippen LogP contribution in [0.5, 0.6) is 0 Å². The zero-order valence-electron chi connectivity index (χ0n) is 13.4. The second-order valence-electron chi connectivity index (χ2n) is 5.49. The predicted octanol–water partition coefficient (Wildman–Crippen LogP) is 1.01. The Hall–Kier alpha value is -3.94. The summed E-state index contributed by atoms with van der Waals surface area (Å²) in [5, 5.41) is 23.2. The lowest BCUT2D eigenvalue weighted by atomic mass is 10.1. The molecule has 0 fully saturated rings. The first-order valence-electron chi connectivity index (χ1n) is 7.47. The van der Waals surface area contributed by atoms with Crippen molar-refractivity contribution in [3.05, 3.63) is 90.7 Å². The number of carboxylic acid groups (broad SMARTS) is 1. The van der Waals surface area contributed by atoms with E-state index in [1.807, 2.05) is 0 Å². The first-order valence-corrected chi connectivity index (χ1v) is 7.47. The van der Waals surface area contributed by atoms with Crippen LogP contribution in [0.3, 0.4) is 0 Å². The lowest BCUT2D eigenvalue weighted by Crippen LogP contribution is -2.33. The van der Waals surface area contributed by atoms with Crippen molar-refractivity contribution in [2.45, 2.75) is 0 Å². The minimum Gasteiger partial charge on any atom is -0.478 e. The van der Waals surface area contributed by atoms with Crippen molar-refractivity contribution < 1.29 is 14.8 Å². The van der Waals surface area contributed by atoms with Crippen LogP contribution in [0.25, 0.3) is 18.3 Å². The Bertz CT molecular complexity index is 1170. The number of hydrogen-bond acceptors (Lipinski definition) is 4. The molecule has 3 rings (SSSR count). The number of nitro groups is 1. The summed E-state index contributed by atoms with van der Waals surface area (Å²) in [7, 11) is 0. The number of H-pyrrole nitrogens is 1. The number of nitro benzene ring substituents is 1. The molecule has 130 valence electrons. The molecule has 0 aliphatic heterocycles. The lowest BCUT2D eigenvalue weighted by molar-refractivity contribution is -0.384. The molecule has 26 heavy (non-hydrogen) atoms. The van der Waals surface area contributed by atoms with E-state index in [1.54, 1.807) is 6.07 Å². The smallest absolute Gasteiger partial charge is 0.335 e. The van der Waals surface area contributed by atoms with Gasteiger partial charge >= 0.3 is 5.97 Å². The number of aromatic nitrogens is 2. The van der Waals surface area contributed by atoms with Gasteiger partial charge in [-0.1, -0.05) is 18.7 Å². The molecule has 2 aromatic carbocycles. The molecule has 0 spiro atoms. The van der Waals surface area contributed by atoms with Gasteiger partial charge in [-0.25, -0.2) is 9.48 Å². The zero-order chi connectivity index (χ0) is 18.8. The van der Waals surface area contributed by atoms with E-state index in [2.05, 4.69) is 11.7 Å². The highest BCUT2D eigenvalue weighted by Crippen LogP contribution is 2.13. The number of nitrogens with zero attached hydrogens (tertiary/aromatic N) is 2. The third-order valence-corrected chi connectivity index (χ3v) is 3.77. The average molecular weight is 351 g/mol. The molecular weight excluding hydrogens is 338 g/mol. The maximum atomic E-state index is 12.6. The van der Waals surface area contributed by atoms with Crippen LogP contribution < -0.4 is 16.1 Å². The molecule has 0 atom stereocenters. The number of carbonyl (C=O) groups is 1. The Kier molecular flexibility index (Phi) is 4.24. The van der Waals surface area contributed by atoms with E-state index in [4.69, 9.17) is 5.11 Å². The van der Waals surface area contributed by atoms with Crippen LogP contribution in [-0.2, 0) is 0 Å². The van der Waals surface area contributed by atoms with Gasteiger partial charge in [-0.2, -0.15) is 0 Å². The van der Waals surface area contributed by atoms with Gasteiger partial charge in [-0.15, -0.1) is 0 Å². The number of aromatic amines is 1.